The number of carbonyl (C=O) groups excluding carboxylic acids is 4. The van der Waals surface area contributed by atoms with Gasteiger partial charge in [-0.3, -0.25) is 19.2 Å². The quantitative estimate of drug-likeness (QED) is 0.168. The number of nitrogens with one attached hydrogen (secondary N) is 3. The first-order valence-corrected chi connectivity index (χ1v) is 10.7. The molecular weight excluding hydrogens is 446 g/mol. The van der Waals surface area contributed by atoms with Crippen LogP contribution in [0.25, 0.3) is 0 Å². The number of nitrogens with two attached hydrogens (primary N) is 2. The molecule has 12 heteroatoms. The molecule has 0 saturated heterocycles. The number of carbonyl (C=O) groups is 5. The van der Waals surface area contributed by atoms with Crippen LogP contribution in [-0.4, -0.2) is 70.1 Å². The Bertz CT molecular complexity index is 876. The first-order chi connectivity index (χ1) is 15.8. The van der Waals surface area contributed by atoms with Gasteiger partial charge in [0, 0.05) is 0 Å². The first kappa shape index (κ1) is 28.5. The lowest BCUT2D eigenvalue weighted by molar-refractivity contribution is -0.144. The van der Waals surface area contributed by atoms with Crippen molar-refractivity contribution in [1.82, 2.24) is 16.0 Å². The number of aliphatic carboxylic acids is 1. The zero-order valence-corrected chi connectivity index (χ0v) is 19.4. The summed E-state index contributed by atoms with van der Waals surface area (Å²) in [7, 11) is 0. The number of amides is 4. The minimum absolute atomic E-state index is 0.203. The first-order valence-electron chi connectivity index (χ1n) is 10.7. The average molecular weight is 480 g/mol. The summed E-state index contributed by atoms with van der Waals surface area (Å²) in [5.74, 6) is -5.32. The Hall–Kier alpha value is -3.51. The van der Waals surface area contributed by atoms with E-state index in [1.165, 1.54) is 6.92 Å². The van der Waals surface area contributed by atoms with Crippen LogP contribution in [0.2, 0.25) is 0 Å². The molecule has 0 fully saturated rings. The van der Waals surface area contributed by atoms with Gasteiger partial charge in [-0.15, -0.1) is 0 Å². The lowest BCUT2D eigenvalue weighted by Crippen LogP contribution is -2.61. The normalized spacial score (nSPS) is 15.4. The highest BCUT2D eigenvalue weighted by atomic mass is 16.4. The van der Waals surface area contributed by atoms with Crippen LogP contribution in [0.3, 0.4) is 0 Å². The van der Waals surface area contributed by atoms with Gasteiger partial charge in [0.05, 0.1) is 18.6 Å². The number of rotatable bonds is 13. The number of aliphatic hydroxyl groups excluding tert-OH is 1. The van der Waals surface area contributed by atoms with Crippen LogP contribution >= 0.6 is 0 Å². The Balaban J connectivity index is 2.89. The molecule has 0 bridgehead atoms. The van der Waals surface area contributed by atoms with Crippen LogP contribution in [0.5, 0.6) is 0 Å². The third-order valence-electron chi connectivity index (χ3n) is 4.96. The van der Waals surface area contributed by atoms with Crippen molar-refractivity contribution in [1.29, 1.82) is 0 Å². The molecule has 1 aromatic rings. The van der Waals surface area contributed by atoms with Crippen molar-refractivity contribution in [3.8, 4) is 0 Å². The third kappa shape index (κ3) is 9.16. The van der Waals surface area contributed by atoms with Crippen LogP contribution in [0.15, 0.2) is 30.3 Å². The third-order valence-corrected chi connectivity index (χ3v) is 4.96. The topological polar surface area (TPSA) is 214 Å². The molecular formula is C22H33N5O7. The fourth-order valence-electron chi connectivity index (χ4n) is 3.07. The lowest BCUT2D eigenvalue weighted by Gasteiger charge is -2.28. The van der Waals surface area contributed by atoms with E-state index in [1.54, 1.807) is 38.1 Å². The number of hydrogen-bond acceptors (Lipinski definition) is 7. The molecule has 34 heavy (non-hydrogen) atoms. The van der Waals surface area contributed by atoms with Crippen LogP contribution in [0.1, 0.15) is 32.8 Å². The second-order valence-corrected chi connectivity index (χ2v) is 8.32. The number of hydrogen-bond donors (Lipinski definition) is 7. The number of primary amides is 1. The van der Waals surface area contributed by atoms with E-state index in [2.05, 4.69) is 16.0 Å². The molecule has 5 atom stereocenters. The molecule has 1 rings (SSSR count). The Morgan fingerprint density at radius 3 is 1.88 bits per heavy atom. The van der Waals surface area contributed by atoms with Gasteiger partial charge in [0.1, 0.15) is 18.1 Å². The van der Waals surface area contributed by atoms with Crippen molar-refractivity contribution in [2.45, 2.75) is 63.9 Å². The van der Waals surface area contributed by atoms with Gasteiger partial charge in [-0.1, -0.05) is 44.2 Å². The smallest absolute Gasteiger partial charge is 0.326 e. The molecule has 1 aromatic carbocycles. The Labute approximate surface area is 197 Å². The van der Waals surface area contributed by atoms with E-state index in [0.717, 1.165) is 5.56 Å². The van der Waals surface area contributed by atoms with Crippen molar-refractivity contribution < 1.29 is 34.2 Å². The van der Waals surface area contributed by atoms with Crippen LogP contribution < -0.4 is 27.4 Å². The Morgan fingerprint density at radius 1 is 0.882 bits per heavy atom. The molecule has 12 nitrogen and oxygen atoms in total. The van der Waals surface area contributed by atoms with Gasteiger partial charge in [0.15, 0.2) is 0 Å². The van der Waals surface area contributed by atoms with Gasteiger partial charge < -0.3 is 37.6 Å². The minimum Gasteiger partial charge on any atom is -0.480 e. The molecule has 0 aliphatic rings. The highest BCUT2D eigenvalue weighted by Crippen LogP contribution is 2.07. The lowest BCUT2D eigenvalue weighted by atomic mass is 10.0. The average Bonchev–Trinajstić information content (AvgIpc) is 2.74. The second kappa shape index (κ2) is 13.3. The van der Waals surface area contributed by atoms with Crippen LogP contribution in [0.4, 0.5) is 0 Å². The van der Waals surface area contributed by atoms with Crippen LogP contribution in [-0.2, 0) is 30.4 Å². The highest BCUT2D eigenvalue weighted by Gasteiger charge is 2.34. The van der Waals surface area contributed by atoms with Gasteiger partial charge in [-0.2, -0.15) is 0 Å². The summed E-state index contributed by atoms with van der Waals surface area (Å²) < 4.78 is 0. The van der Waals surface area contributed by atoms with E-state index in [-0.39, 0.29) is 6.42 Å². The van der Waals surface area contributed by atoms with Gasteiger partial charge in [0.25, 0.3) is 0 Å². The van der Waals surface area contributed by atoms with Crippen molar-refractivity contribution >= 4 is 29.6 Å². The summed E-state index contributed by atoms with van der Waals surface area (Å²) in [5, 5.41) is 26.2. The molecule has 0 aromatic heterocycles. The summed E-state index contributed by atoms with van der Waals surface area (Å²) >= 11 is 0. The van der Waals surface area contributed by atoms with Gasteiger partial charge >= 0.3 is 5.97 Å². The Morgan fingerprint density at radius 2 is 1.41 bits per heavy atom. The van der Waals surface area contributed by atoms with Gasteiger partial charge in [0.2, 0.25) is 23.6 Å². The molecule has 4 amide bonds. The minimum atomic E-state index is -1.58. The number of carboxylic acids is 1. The standard InChI is InChI=1S/C22H33N5O7/c1-11(2)17(20(31)25-15(22(33)34)10-16(24)29)26-21(32)18(12(3)28)27-19(30)14(23)9-13-7-5-4-6-8-13/h4-8,11-12,14-15,17-18,28H,9-10,23H2,1-3H3,(H2,24,29)(H,25,31)(H,26,32)(H,27,30)(H,33,34). The number of carboxylic acid groups (broad SMARTS) is 1. The van der Waals surface area contributed by atoms with E-state index in [1.807, 2.05) is 6.07 Å². The molecule has 9 N–H and O–H groups in total. The molecule has 0 saturated carbocycles. The van der Waals surface area contributed by atoms with Crippen molar-refractivity contribution in [2.75, 3.05) is 0 Å². The summed E-state index contributed by atoms with van der Waals surface area (Å²) in [5.41, 5.74) is 11.8. The predicted molar refractivity (Wildman–Crippen MR) is 122 cm³/mol. The molecule has 5 unspecified atom stereocenters. The SMILES string of the molecule is CC(C)C(NC(=O)C(NC(=O)C(N)Cc1ccccc1)C(C)O)C(=O)NC(CC(N)=O)C(=O)O. The largest absolute Gasteiger partial charge is 0.480 e. The maximum Gasteiger partial charge on any atom is 0.326 e. The van der Waals surface area contributed by atoms with Crippen molar-refractivity contribution in [2.24, 2.45) is 17.4 Å². The molecule has 0 radical (unpaired) electrons. The fourth-order valence-corrected chi connectivity index (χ4v) is 3.07. The zero-order valence-electron chi connectivity index (χ0n) is 19.4. The molecule has 0 aliphatic heterocycles. The molecule has 0 aliphatic carbocycles. The molecule has 0 heterocycles. The van der Waals surface area contributed by atoms with Crippen LogP contribution in [0, 0.1) is 5.92 Å². The van der Waals surface area contributed by atoms with E-state index >= 15 is 0 Å². The summed E-state index contributed by atoms with van der Waals surface area (Å²) in [6, 6.07) is 3.76. The summed E-state index contributed by atoms with van der Waals surface area (Å²) in [4.78, 5) is 60.4. The van der Waals surface area contributed by atoms with E-state index in [0.29, 0.717) is 0 Å². The second-order valence-electron chi connectivity index (χ2n) is 8.32. The fraction of sp³-hybridized carbons (Fsp3) is 0.500. The zero-order chi connectivity index (χ0) is 26.0. The van der Waals surface area contributed by atoms with Gasteiger partial charge in [-0.05, 0) is 24.8 Å². The summed E-state index contributed by atoms with van der Waals surface area (Å²) in [6.07, 6.45) is -1.76. The van der Waals surface area contributed by atoms with E-state index < -0.39 is 72.2 Å². The highest BCUT2D eigenvalue weighted by molar-refractivity contribution is 5.95. The number of benzene rings is 1. The summed E-state index contributed by atoms with van der Waals surface area (Å²) in [6.45, 7) is 4.48. The molecule has 188 valence electrons. The van der Waals surface area contributed by atoms with Crippen molar-refractivity contribution in [3.05, 3.63) is 35.9 Å². The number of aliphatic hydroxyl groups is 1. The van der Waals surface area contributed by atoms with E-state index in [9.17, 15) is 34.2 Å². The monoisotopic (exact) mass is 479 g/mol. The predicted octanol–water partition coefficient (Wildman–Crippen LogP) is -1.99. The van der Waals surface area contributed by atoms with E-state index in [4.69, 9.17) is 11.5 Å². The van der Waals surface area contributed by atoms with Gasteiger partial charge in [-0.25, -0.2) is 4.79 Å². The maximum atomic E-state index is 12.8. The van der Waals surface area contributed by atoms with Crippen molar-refractivity contribution in [3.63, 3.8) is 0 Å². The Kier molecular flexibility index (Phi) is 11.1. The maximum absolute atomic E-state index is 12.8. The molecule has 0 spiro atoms.